The van der Waals surface area contributed by atoms with Crippen LogP contribution in [0.3, 0.4) is 0 Å². The molecule has 0 aliphatic carbocycles. The van der Waals surface area contributed by atoms with Crippen LogP contribution < -0.4 is 31.0 Å². The molecule has 3 aliphatic rings. The lowest BCUT2D eigenvalue weighted by Crippen LogP contribution is -2.45. The highest BCUT2D eigenvalue weighted by Gasteiger charge is 2.45. The molecule has 2 fully saturated rings. The van der Waals surface area contributed by atoms with E-state index in [2.05, 4.69) is 62.4 Å². The molecule has 3 aliphatic heterocycles. The molecule has 2 atom stereocenters. The van der Waals surface area contributed by atoms with Crippen molar-refractivity contribution in [3.63, 3.8) is 0 Å². The predicted octanol–water partition coefficient (Wildman–Crippen LogP) is 9.16. The molecule has 6 aromatic heterocycles. The molecular formula is C58H67N13O6S3. The van der Waals surface area contributed by atoms with Gasteiger partial charge in [0.25, 0.3) is 5.56 Å². The summed E-state index contributed by atoms with van der Waals surface area (Å²) in [6.07, 6.45) is 13.4. The lowest BCUT2D eigenvalue weighted by atomic mass is 10.1. The third-order valence-electron chi connectivity index (χ3n) is 14.2. The molecule has 3 amide bonds. The minimum absolute atomic E-state index is 0. The van der Waals surface area contributed by atoms with Gasteiger partial charge < -0.3 is 30.3 Å². The van der Waals surface area contributed by atoms with E-state index in [1.54, 1.807) is 36.4 Å². The zero-order valence-corrected chi connectivity index (χ0v) is 47.3. The number of carbonyl (C=O) groups excluding carboxylic acids is 3. The van der Waals surface area contributed by atoms with Gasteiger partial charge in [0, 0.05) is 108 Å². The first-order valence-electron chi connectivity index (χ1n) is 26.2. The number of likely N-dealkylation sites (tertiary alicyclic amines) is 1. The predicted molar refractivity (Wildman–Crippen MR) is 322 cm³/mol. The maximum absolute atomic E-state index is 13.8. The Morgan fingerprint density at radius 3 is 1.89 bits per heavy atom. The summed E-state index contributed by atoms with van der Waals surface area (Å²) in [5, 5.41) is 31.4. The van der Waals surface area contributed by atoms with Gasteiger partial charge in [0.1, 0.15) is 25.9 Å². The largest absolute Gasteiger partial charge is 0.475 e. The van der Waals surface area contributed by atoms with Gasteiger partial charge >= 0.3 is 0 Å². The van der Waals surface area contributed by atoms with Gasteiger partial charge in [-0.3, -0.25) is 34.3 Å². The van der Waals surface area contributed by atoms with Crippen LogP contribution in [0.25, 0.3) is 54.9 Å². The van der Waals surface area contributed by atoms with Crippen LogP contribution in [0.1, 0.15) is 59.3 Å². The highest BCUT2D eigenvalue weighted by atomic mass is 32.2. The monoisotopic (exact) mass is 1140 g/mol. The van der Waals surface area contributed by atoms with E-state index in [1.165, 1.54) is 39.4 Å². The minimum Gasteiger partial charge on any atom is -0.475 e. The number of ether oxygens (including phenoxy) is 2. The van der Waals surface area contributed by atoms with Crippen molar-refractivity contribution in [2.45, 2.75) is 76.1 Å². The summed E-state index contributed by atoms with van der Waals surface area (Å²) in [4.78, 5) is 66.1. The van der Waals surface area contributed by atoms with Gasteiger partial charge in [0.05, 0.1) is 29.8 Å². The van der Waals surface area contributed by atoms with Gasteiger partial charge in [-0.05, 0) is 138 Å². The van der Waals surface area contributed by atoms with Gasteiger partial charge in [-0.25, -0.2) is 9.97 Å². The van der Waals surface area contributed by atoms with Crippen molar-refractivity contribution in [2.24, 2.45) is 0 Å². The molecule has 2 saturated heterocycles. The molecule has 22 heteroatoms. The molecule has 0 radical (unpaired) electrons. The molecular weight excluding hydrogens is 1070 g/mol. The fourth-order valence-electron chi connectivity index (χ4n) is 9.89. The first kappa shape index (κ1) is 57.3. The van der Waals surface area contributed by atoms with Crippen molar-refractivity contribution in [2.75, 3.05) is 69.0 Å². The molecule has 8 aromatic rings. The Hall–Kier alpha value is -7.37. The summed E-state index contributed by atoms with van der Waals surface area (Å²) < 4.78 is 11.6. The smallest absolute Gasteiger partial charge is 0.272 e. The van der Waals surface area contributed by atoms with Gasteiger partial charge in [-0.15, -0.1) is 34.9 Å². The lowest BCUT2D eigenvalue weighted by molar-refractivity contribution is -0.132. The second kappa shape index (κ2) is 25.0. The lowest BCUT2D eigenvalue weighted by Gasteiger charge is -2.29. The van der Waals surface area contributed by atoms with E-state index in [1.807, 2.05) is 118 Å². The fourth-order valence-corrected chi connectivity index (χ4v) is 12.6. The van der Waals surface area contributed by atoms with E-state index in [0.717, 1.165) is 79.3 Å². The zero-order valence-electron chi connectivity index (χ0n) is 44.9. The van der Waals surface area contributed by atoms with Crippen LogP contribution >= 0.6 is 34.9 Å². The number of rotatable bonds is 16. The van der Waals surface area contributed by atoms with Crippen molar-refractivity contribution in [1.82, 2.24) is 55.3 Å². The van der Waals surface area contributed by atoms with E-state index < -0.39 is 9.49 Å². The van der Waals surface area contributed by atoms with Crippen molar-refractivity contribution >= 4 is 91.3 Å². The highest BCUT2D eigenvalue weighted by molar-refractivity contribution is 8.01. The van der Waals surface area contributed by atoms with Crippen LogP contribution in [0.2, 0.25) is 0 Å². The highest BCUT2D eigenvalue weighted by Crippen LogP contribution is 2.38. The Morgan fingerprint density at radius 1 is 0.762 bits per heavy atom. The number of fused-ring (bicyclic) bond motifs is 2. The van der Waals surface area contributed by atoms with Crippen molar-refractivity contribution in [3.8, 4) is 39.3 Å². The molecule has 11 rings (SSSR count). The molecule has 418 valence electrons. The Kier molecular flexibility index (Phi) is 17.9. The van der Waals surface area contributed by atoms with Crippen LogP contribution in [0.5, 0.6) is 11.8 Å². The minimum atomic E-state index is -0.675. The fraction of sp³-hybridized carbons (Fsp3) is 0.362. The number of thiophene rings is 1. The van der Waals surface area contributed by atoms with Crippen molar-refractivity contribution in [1.29, 1.82) is 0 Å². The first-order chi connectivity index (χ1) is 38.2. The van der Waals surface area contributed by atoms with Crippen LogP contribution in [0, 0.1) is 0 Å². The number of nitrogens with one attached hydrogen (secondary N) is 5. The SMILES string of the molecule is C.CS[C@@]1(C(=O)Nc2ccc3[nH]nc(-c4ccc(OC(C)C)nc4)c3c2)CCN(CC(=O)N2CC=C(c3ccc(-n4ncccc4=O)s3)CC2)C1.CS[C@@]1(C(=O)Nc2ccc3[nH]nc(-c4ccc(OC(C)C)nc4)c3c2)CCNC1. The number of H-pyrrole nitrogens is 2. The number of thioether (sulfide) groups is 2. The van der Waals surface area contributed by atoms with Gasteiger partial charge in [-0.1, -0.05) is 13.5 Å². The zero-order chi connectivity index (χ0) is 55.3. The summed E-state index contributed by atoms with van der Waals surface area (Å²) in [7, 11) is 0. The van der Waals surface area contributed by atoms with Crippen LogP contribution in [0.15, 0.2) is 114 Å². The summed E-state index contributed by atoms with van der Waals surface area (Å²) in [6, 6.07) is 26.1. The number of benzene rings is 2. The summed E-state index contributed by atoms with van der Waals surface area (Å²) in [5.41, 5.74) is 7.46. The van der Waals surface area contributed by atoms with Crippen molar-refractivity contribution in [3.05, 3.63) is 125 Å². The molecule has 0 unspecified atom stereocenters. The van der Waals surface area contributed by atoms with Crippen LogP contribution in [-0.2, 0) is 14.4 Å². The van der Waals surface area contributed by atoms with E-state index in [0.29, 0.717) is 56.6 Å². The molecule has 0 spiro atoms. The normalized spacial score (nSPS) is 18.2. The number of aromatic amines is 2. The van der Waals surface area contributed by atoms with Gasteiger partial charge in [-0.2, -0.15) is 20.0 Å². The number of hydrogen-bond acceptors (Lipinski definition) is 16. The van der Waals surface area contributed by atoms with E-state index in [-0.39, 0.29) is 49.5 Å². The number of carbonyl (C=O) groups is 3. The topological polar surface area (TPSA) is 230 Å². The van der Waals surface area contributed by atoms with E-state index in [4.69, 9.17) is 9.47 Å². The maximum Gasteiger partial charge on any atom is 0.272 e. The van der Waals surface area contributed by atoms with E-state index >= 15 is 0 Å². The van der Waals surface area contributed by atoms with Crippen molar-refractivity contribution < 1.29 is 23.9 Å². The number of amides is 3. The molecule has 5 N–H and O–H groups in total. The molecule has 2 aromatic carbocycles. The first-order valence-corrected chi connectivity index (χ1v) is 29.5. The average Bonchev–Trinajstić information content (AvgIpc) is 4.40. The quantitative estimate of drug-likeness (QED) is 0.0607. The molecule has 9 heterocycles. The third kappa shape index (κ3) is 12.6. The maximum atomic E-state index is 13.8. The number of anilines is 2. The Labute approximate surface area is 477 Å². The van der Waals surface area contributed by atoms with Gasteiger partial charge in [0.15, 0.2) is 0 Å². The summed E-state index contributed by atoms with van der Waals surface area (Å²) in [5.74, 6) is 1.16. The molecule has 80 heavy (non-hydrogen) atoms. The van der Waals surface area contributed by atoms with Gasteiger partial charge in [0.2, 0.25) is 29.5 Å². The Bertz CT molecular complexity index is 3570. The number of pyridine rings is 2. The van der Waals surface area contributed by atoms with E-state index in [9.17, 15) is 19.2 Å². The number of hydrogen-bond donors (Lipinski definition) is 5. The number of aromatic nitrogens is 8. The van der Waals surface area contributed by atoms with Crippen LogP contribution in [0.4, 0.5) is 11.4 Å². The Morgan fingerprint density at radius 2 is 1.38 bits per heavy atom. The second-order valence-corrected chi connectivity index (χ2v) is 23.6. The Balaban J connectivity index is 0.000000219. The number of nitrogens with zero attached hydrogens (tertiary/aromatic N) is 8. The summed E-state index contributed by atoms with van der Waals surface area (Å²) in [6.45, 7) is 12.0. The third-order valence-corrected chi connectivity index (χ3v) is 17.9. The molecule has 19 nitrogen and oxygen atoms in total. The van der Waals surface area contributed by atoms with Crippen LogP contribution in [-0.4, -0.2) is 148 Å². The molecule has 0 bridgehead atoms. The molecule has 0 saturated carbocycles. The average molecular weight is 1140 g/mol. The standard InChI is InChI=1S/C36H38N8O4S2.C21H25N5O2S.CH4/c1-23(2)48-30-10-6-25(20-37-30)34-27-19-26(7-8-28(27)40-41-34)39-35(47)36(49-3)14-18-42(22-36)21-32(46)43-16-12-24(13-17-43)29-9-11-33(50-29)44-31(45)5-4-15-38-44;1-13(2)28-18-7-4-14(11-23-18)19-16-10-15(5-6-17(16)25-26-19)24-20(27)21(29-3)8-9-22-12-21;/h4-12,15,19-20,23H,13-14,16-18,21-22H2,1-3H3,(H,39,47)(H,40,41);4-7,10-11,13,22H,8-9,12H2,1-3H3,(H,24,27)(H,25,26);1H4/t36-;21-;/m00./s1. The second-order valence-electron chi connectivity index (χ2n) is 20.2. The summed E-state index contributed by atoms with van der Waals surface area (Å²) >= 11 is 4.66.